The second-order valence-electron chi connectivity index (χ2n) is 8.66. The van der Waals surface area contributed by atoms with Crippen molar-refractivity contribution in [3.05, 3.63) is 23.8 Å². The average Bonchev–Trinajstić information content (AvgIpc) is 2.72. The van der Waals surface area contributed by atoms with Crippen LogP contribution in [-0.2, 0) is 35.0 Å². The van der Waals surface area contributed by atoms with Gasteiger partial charge >= 0.3 is 24.2 Å². The summed E-state index contributed by atoms with van der Waals surface area (Å²) in [6.45, 7) is 11.4. The van der Waals surface area contributed by atoms with Gasteiger partial charge in [-0.15, -0.1) is 0 Å². The molecule has 1 aromatic rings. The number of hydrogen-bond donors (Lipinski definition) is 1. The summed E-state index contributed by atoms with van der Waals surface area (Å²) in [5.74, 6) is -1.62. The van der Waals surface area contributed by atoms with Crippen LogP contribution in [-0.4, -0.2) is 55.2 Å². The van der Waals surface area contributed by atoms with Crippen LogP contribution in [0.25, 0.3) is 0 Å². The molecule has 0 aromatic heterocycles. The van der Waals surface area contributed by atoms with Crippen molar-refractivity contribution in [1.82, 2.24) is 0 Å². The van der Waals surface area contributed by atoms with Gasteiger partial charge in [0.05, 0.1) is 18.1 Å². The van der Waals surface area contributed by atoms with Crippen LogP contribution in [0.4, 0.5) is 9.59 Å². The van der Waals surface area contributed by atoms with E-state index in [4.69, 9.17) is 34.2 Å². The summed E-state index contributed by atoms with van der Waals surface area (Å²) in [7, 11) is 0. The van der Waals surface area contributed by atoms with Crippen LogP contribution in [0.2, 0.25) is 0 Å². The van der Waals surface area contributed by atoms with Crippen molar-refractivity contribution in [1.29, 1.82) is 0 Å². The molecule has 0 saturated heterocycles. The zero-order chi connectivity index (χ0) is 26.7. The molecule has 11 nitrogen and oxygen atoms in total. The third-order valence-electron chi connectivity index (χ3n) is 4.07. The number of carbonyl (C=O) groups excluding carboxylic acids is 4. The van der Waals surface area contributed by atoms with Crippen molar-refractivity contribution in [2.45, 2.75) is 79.2 Å². The largest absolute Gasteiger partial charge is 0.514 e. The monoisotopic (exact) mass is 497 g/mol. The molecular weight excluding hydrogens is 462 g/mol. The molecule has 1 rings (SSSR count). The molecule has 2 atom stereocenters. The highest BCUT2D eigenvalue weighted by atomic mass is 16.7. The smallest absolute Gasteiger partial charge is 0.461 e. The second kappa shape index (κ2) is 14.1. The minimum Gasteiger partial charge on any atom is -0.461 e. The Labute approximate surface area is 205 Å². The van der Waals surface area contributed by atoms with Crippen molar-refractivity contribution in [2.75, 3.05) is 6.61 Å². The number of hydrogen-bond acceptors (Lipinski definition) is 11. The Morgan fingerprint density at radius 3 is 1.83 bits per heavy atom. The third kappa shape index (κ3) is 11.6. The van der Waals surface area contributed by atoms with E-state index in [1.807, 2.05) is 0 Å². The normalized spacial score (nSPS) is 12.7. The van der Waals surface area contributed by atoms with Crippen LogP contribution in [0.1, 0.15) is 54.0 Å². The van der Waals surface area contributed by atoms with Gasteiger partial charge in [-0.1, -0.05) is 19.9 Å². The van der Waals surface area contributed by atoms with Crippen LogP contribution in [0.15, 0.2) is 18.2 Å². The van der Waals surface area contributed by atoms with Gasteiger partial charge in [-0.05, 0) is 58.7 Å². The van der Waals surface area contributed by atoms with E-state index in [2.05, 4.69) is 0 Å². The van der Waals surface area contributed by atoms with Crippen LogP contribution in [0.5, 0.6) is 11.5 Å². The molecule has 0 unspecified atom stereocenters. The Bertz CT molecular complexity index is 881. The lowest BCUT2D eigenvalue weighted by molar-refractivity contribution is -0.161. The quantitative estimate of drug-likeness (QED) is 0.272. The number of carbonyl (C=O) groups is 4. The number of rotatable bonds is 11. The molecule has 0 aliphatic carbocycles. The molecule has 0 spiro atoms. The van der Waals surface area contributed by atoms with Gasteiger partial charge in [0.2, 0.25) is 0 Å². The van der Waals surface area contributed by atoms with E-state index in [9.17, 15) is 19.2 Å². The van der Waals surface area contributed by atoms with Gasteiger partial charge in [0, 0.05) is 0 Å². The highest BCUT2D eigenvalue weighted by molar-refractivity contribution is 5.76. The lowest BCUT2D eigenvalue weighted by Gasteiger charge is -2.17. The van der Waals surface area contributed by atoms with E-state index in [0.717, 1.165) is 0 Å². The number of esters is 2. The standard InChI is InChI=1S/C24H35NO10/c1-13(2)21(26)33-16(7)12-30-22(27)18(25)10-17-8-9-19(34-23(28)31-14(3)4)20(11-17)35-24(29)32-15(5)6/h8-9,11,13-16,18H,10,12,25H2,1-7H3/t16-,18-/m0/s1. The van der Waals surface area contributed by atoms with Gasteiger partial charge < -0.3 is 34.2 Å². The lowest BCUT2D eigenvalue weighted by Crippen LogP contribution is -2.36. The maximum atomic E-state index is 12.3. The Kier molecular flexibility index (Phi) is 12.0. The predicted molar refractivity (Wildman–Crippen MR) is 124 cm³/mol. The van der Waals surface area contributed by atoms with Crippen molar-refractivity contribution >= 4 is 24.2 Å². The zero-order valence-electron chi connectivity index (χ0n) is 21.2. The van der Waals surface area contributed by atoms with Gasteiger partial charge in [-0.3, -0.25) is 9.59 Å². The summed E-state index contributed by atoms with van der Waals surface area (Å²) in [5, 5.41) is 0. The number of nitrogens with two attached hydrogens (primary N) is 1. The van der Waals surface area contributed by atoms with Gasteiger partial charge in [-0.25, -0.2) is 9.59 Å². The van der Waals surface area contributed by atoms with Crippen molar-refractivity contribution < 1.29 is 47.6 Å². The molecule has 0 amide bonds. The summed E-state index contributed by atoms with van der Waals surface area (Å²) >= 11 is 0. The molecule has 35 heavy (non-hydrogen) atoms. The van der Waals surface area contributed by atoms with Crippen LogP contribution >= 0.6 is 0 Å². The fraction of sp³-hybridized carbons (Fsp3) is 0.583. The van der Waals surface area contributed by atoms with Crippen molar-refractivity contribution in [2.24, 2.45) is 11.7 Å². The van der Waals surface area contributed by atoms with Crippen LogP contribution in [0, 0.1) is 5.92 Å². The summed E-state index contributed by atoms with van der Waals surface area (Å²) in [6.07, 6.45) is -3.46. The molecule has 0 heterocycles. The van der Waals surface area contributed by atoms with Gasteiger partial charge in [-0.2, -0.15) is 0 Å². The molecule has 11 heteroatoms. The molecule has 2 N–H and O–H groups in total. The number of benzene rings is 1. The van der Waals surface area contributed by atoms with E-state index in [0.29, 0.717) is 5.56 Å². The molecule has 0 saturated carbocycles. The topological polar surface area (TPSA) is 150 Å². The molecule has 0 bridgehead atoms. The first-order valence-electron chi connectivity index (χ1n) is 11.3. The first-order chi connectivity index (χ1) is 16.3. The van der Waals surface area contributed by atoms with E-state index in [-0.39, 0.29) is 30.4 Å². The fourth-order valence-electron chi connectivity index (χ4n) is 2.47. The fourth-order valence-corrected chi connectivity index (χ4v) is 2.47. The molecule has 0 aliphatic rings. The molecule has 0 fully saturated rings. The maximum absolute atomic E-state index is 12.3. The van der Waals surface area contributed by atoms with E-state index in [1.165, 1.54) is 12.1 Å². The van der Waals surface area contributed by atoms with E-state index < -0.39 is 48.6 Å². The molecule has 0 radical (unpaired) electrons. The van der Waals surface area contributed by atoms with Gasteiger partial charge in [0.1, 0.15) is 18.8 Å². The first-order valence-corrected chi connectivity index (χ1v) is 11.3. The minimum absolute atomic E-state index is 0.0192. The maximum Gasteiger partial charge on any atom is 0.514 e. The highest BCUT2D eigenvalue weighted by Crippen LogP contribution is 2.30. The summed E-state index contributed by atoms with van der Waals surface area (Å²) in [5.41, 5.74) is 6.45. The summed E-state index contributed by atoms with van der Waals surface area (Å²) < 4.78 is 30.5. The molecule has 196 valence electrons. The van der Waals surface area contributed by atoms with Crippen molar-refractivity contribution in [3.8, 4) is 11.5 Å². The van der Waals surface area contributed by atoms with Crippen molar-refractivity contribution in [3.63, 3.8) is 0 Å². The Morgan fingerprint density at radius 2 is 1.31 bits per heavy atom. The highest BCUT2D eigenvalue weighted by Gasteiger charge is 2.22. The Balaban J connectivity index is 2.88. The Morgan fingerprint density at radius 1 is 0.771 bits per heavy atom. The Hall–Kier alpha value is -3.34. The molecular formula is C24H35NO10. The molecule has 1 aromatic carbocycles. The summed E-state index contributed by atoms with van der Waals surface area (Å²) in [6, 6.07) is 3.25. The third-order valence-corrected chi connectivity index (χ3v) is 4.07. The lowest BCUT2D eigenvalue weighted by atomic mass is 10.1. The van der Waals surface area contributed by atoms with Gasteiger partial charge in [0.25, 0.3) is 0 Å². The minimum atomic E-state index is -1.06. The predicted octanol–water partition coefficient (Wildman–Crippen LogP) is 3.53. The van der Waals surface area contributed by atoms with Crippen LogP contribution < -0.4 is 15.2 Å². The van der Waals surface area contributed by atoms with Crippen LogP contribution in [0.3, 0.4) is 0 Å². The SMILES string of the molecule is CC(C)OC(=O)Oc1ccc(C[C@H](N)C(=O)OC[C@H](C)OC(=O)C(C)C)cc1OC(=O)OC(C)C. The van der Waals surface area contributed by atoms with E-state index in [1.54, 1.807) is 54.5 Å². The summed E-state index contributed by atoms with van der Waals surface area (Å²) in [4.78, 5) is 47.8. The second-order valence-corrected chi connectivity index (χ2v) is 8.66. The number of ether oxygens (including phenoxy) is 6. The average molecular weight is 498 g/mol. The molecule has 0 aliphatic heterocycles. The first kappa shape index (κ1) is 29.7. The van der Waals surface area contributed by atoms with Gasteiger partial charge in [0.15, 0.2) is 11.5 Å². The van der Waals surface area contributed by atoms with E-state index >= 15 is 0 Å². The zero-order valence-corrected chi connectivity index (χ0v) is 21.2.